The van der Waals surface area contributed by atoms with Crippen molar-refractivity contribution in [3.8, 4) is 11.5 Å². The van der Waals surface area contributed by atoms with Gasteiger partial charge in [0.15, 0.2) is 0 Å². The molecule has 1 N–H and O–H groups in total. The Labute approximate surface area is 135 Å². The van der Waals surface area contributed by atoms with Crippen molar-refractivity contribution in [3.05, 3.63) is 50.9 Å². The van der Waals surface area contributed by atoms with Crippen molar-refractivity contribution in [2.45, 2.75) is 6.54 Å². The van der Waals surface area contributed by atoms with E-state index in [1.165, 1.54) is 0 Å². The summed E-state index contributed by atoms with van der Waals surface area (Å²) in [7, 11) is 3.32. The SMILES string of the molecule is COc1cc(Br)cc(NCc2cc(OC)ccc2Br)c1. The molecule has 106 valence electrons. The second-order valence-electron chi connectivity index (χ2n) is 4.19. The zero-order chi connectivity index (χ0) is 14.5. The van der Waals surface area contributed by atoms with Crippen molar-refractivity contribution in [2.75, 3.05) is 19.5 Å². The van der Waals surface area contributed by atoms with Gasteiger partial charge >= 0.3 is 0 Å². The van der Waals surface area contributed by atoms with Crippen LogP contribution in [0.1, 0.15) is 5.56 Å². The molecular formula is C15H15Br2NO2. The van der Waals surface area contributed by atoms with E-state index in [2.05, 4.69) is 37.2 Å². The van der Waals surface area contributed by atoms with Crippen molar-refractivity contribution in [1.29, 1.82) is 0 Å². The maximum absolute atomic E-state index is 5.25. The number of hydrogen-bond acceptors (Lipinski definition) is 3. The summed E-state index contributed by atoms with van der Waals surface area (Å²) in [6.45, 7) is 0.692. The molecule has 0 spiro atoms. The number of benzene rings is 2. The van der Waals surface area contributed by atoms with Crippen molar-refractivity contribution in [1.82, 2.24) is 0 Å². The molecule has 2 aromatic rings. The van der Waals surface area contributed by atoms with Gasteiger partial charge in [-0.15, -0.1) is 0 Å². The average molecular weight is 401 g/mol. The van der Waals surface area contributed by atoms with Crippen LogP contribution in [0.25, 0.3) is 0 Å². The zero-order valence-electron chi connectivity index (χ0n) is 11.2. The van der Waals surface area contributed by atoms with Crippen LogP contribution < -0.4 is 14.8 Å². The Morgan fingerprint density at radius 2 is 1.70 bits per heavy atom. The second kappa shape index (κ2) is 6.99. The number of halogens is 2. The van der Waals surface area contributed by atoms with Gasteiger partial charge in [0.05, 0.1) is 14.2 Å². The van der Waals surface area contributed by atoms with Gasteiger partial charge < -0.3 is 14.8 Å². The number of rotatable bonds is 5. The van der Waals surface area contributed by atoms with Crippen LogP contribution in [0.4, 0.5) is 5.69 Å². The quantitative estimate of drug-likeness (QED) is 0.778. The van der Waals surface area contributed by atoms with E-state index in [4.69, 9.17) is 9.47 Å². The highest BCUT2D eigenvalue weighted by Gasteiger charge is 2.04. The summed E-state index contributed by atoms with van der Waals surface area (Å²) in [5.41, 5.74) is 2.12. The molecule has 2 rings (SSSR count). The fourth-order valence-electron chi connectivity index (χ4n) is 1.79. The van der Waals surface area contributed by atoms with E-state index in [1.807, 2.05) is 36.4 Å². The fourth-order valence-corrected chi connectivity index (χ4v) is 2.65. The number of anilines is 1. The maximum atomic E-state index is 5.25. The summed E-state index contributed by atoms with van der Waals surface area (Å²) in [5, 5.41) is 3.37. The van der Waals surface area contributed by atoms with Crippen LogP contribution in [0.5, 0.6) is 11.5 Å². The van der Waals surface area contributed by atoms with Crippen molar-refractivity contribution in [2.24, 2.45) is 0 Å². The normalized spacial score (nSPS) is 10.2. The summed E-state index contributed by atoms with van der Waals surface area (Å²) in [6, 6.07) is 11.8. The summed E-state index contributed by atoms with van der Waals surface area (Å²) in [4.78, 5) is 0. The van der Waals surface area contributed by atoms with Crippen LogP contribution in [0.2, 0.25) is 0 Å². The Morgan fingerprint density at radius 3 is 2.40 bits per heavy atom. The van der Waals surface area contributed by atoms with E-state index in [0.717, 1.165) is 31.7 Å². The minimum atomic E-state index is 0.692. The Morgan fingerprint density at radius 1 is 0.950 bits per heavy atom. The van der Waals surface area contributed by atoms with Crippen molar-refractivity contribution in [3.63, 3.8) is 0 Å². The van der Waals surface area contributed by atoms with Gasteiger partial charge in [-0.2, -0.15) is 0 Å². The highest BCUT2D eigenvalue weighted by molar-refractivity contribution is 9.10. The number of nitrogens with one attached hydrogen (secondary N) is 1. The highest BCUT2D eigenvalue weighted by atomic mass is 79.9. The van der Waals surface area contributed by atoms with E-state index in [1.54, 1.807) is 14.2 Å². The lowest BCUT2D eigenvalue weighted by atomic mass is 10.2. The smallest absolute Gasteiger partial charge is 0.122 e. The lowest BCUT2D eigenvalue weighted by Gasteiger charge is -2.11. The molecule has 0 aromatic heterocycles. The molecule has 0 saturated carbocycles. The third-order valence-corrected chi connectivity index (χ3v) is 4.07. The lowest BCUT2D eigenvalue weighted by Crippen LogP contribution is -2.01. The molecule has 0 aliphatic rings. The number of hydrogen-bond donors (Lipinski definition) is 1. The Kier molecular flexibility index (Phi) is 5.31. The Bertz CT molecular complexity index is 602. The van der Waals surface area contributed by atoms with Crippen LogP contribution in [-0.2, 0) is 6.54 Å². The molecule has 20 heavy (non-hydrogen) atoms. The first-order chi connectivity index (χ1) is 9.62. The molecule has 0 unspecified atom stereocenters. The number of methoxy groups -OCH3 is 2. The first-order valence-corrected chi connectivity index (χ1v) is 7.62. The Hall–Kier alpha value is -1.20. The molecule has 0 fully saturated rings. The van der Waals surface area contributed by atoms with Crippen LogP contribution in [0, 0.1) is 0 Å². The van der Waals surface area contributed by atoms with Crippen LogP contribution in [0.15, 0.2) is 45.3 Å². The monoisotopic (exact) mass is 399 g/mol. The van der Waals surface area contributed by atoms with E-state index < -0.39 is 0 Å². The summed E-state index contributed by atoms with van der Waals surface area (Å²) in [5.74, 6) is 1.66. The maximum Gasteiger partial charge on any atom is 0.122 e. The van der Waals surface area contributed by atoms with Gasteiger partial charge in [-0.3, -0.25) is 0 Å². The molecule has 0 bridgehead atoms. The highest BCUT2D eigenvalue weighted by Crippen LogP contribution is 2.27. The van der Waals surface area contributed by atoms with Crippen LogP contribution in [-0.4, -0.2) is 14.2 Å². The molecular weight excluding hydrogens is 386 g/mol. The lowest BCUT2D eigenvalue weighted by molar-refractivity contribution is 0.414. The molecule has 0 saturated heterocycles. The van der Waals surface area contributed by atoms with Gasteiger partial charge in [0.2, 0.25) is 0 Å². The molecule has 2 aromatic carbocycles. The molecule has 0 aliphatic heterocycles. The minimum Gasteiger partial charge on any atom is -0.497 e. The third kappa shape index (κ3) is 3.90. The van der Waals surface area contributed by atoms with Gasteiger partial charge in [-0.05, 0) is 35.9 Å². The molecule has 5 heteroatoms. The molecule has 3 nitrogen and oxygen atoms in total. The molecule has 0 atom stereocenters. The summed E-state index contributed by atoms with van der Waals surface area (Å²) in [6.07, 6.45) is 0. The van der Waals surface area contributed by atoms with E-state index in [0.29, 0.717) is 6.54 Å². The number of ether oxygens (including phenoxy) is 2. The van der Waals surface area contributed by atoms with Crippen LogP contribution in [0.3, 0.4) is 0 Å². The molecule has 0 radical (unpaired) electrons. The van der Waals surface area contributed by atoms with Crippen molar-refractivity contribution < 1.29 is 9.47 Å². The van der Waals surface area contributed by atoms with E-state index in [9.17, 15) is 0 Å². The molecule has 0 heterocycles. The predicted molar refractivity (Wildman–Crippen MR) is 88.7 cm³/mol. The van der Waals surface area contributed by atoms with Gasteiger partial charge in [-0.1, -0.05) is 31.9 Å². The van der Waals surface area contributed by atoms with Crippen LogP contribution >= 0.6 is 31.9 Å². The van der Waals surface area contributed by atoms with Gasteiger partial charge in [-0.25, -0.2) is 0 Å². The predicted octanol–water partition coefficient (Wildman–Crippen LogP) is 4.84. The van der Waals surface area contributed by atoms with Gasteiger partial charge in [0.1, 0.15) is 11.5 Å². The van der Waals surface area contributed by atoms with E-state index >= 15 is 0 Å². The van der Waals surface area contributed by atoms with Gasteiger partial charge in [0, 0.05) is 27.2 Å². The first kappa shape index (κ1) is 15.2. The molecule has 0 aliphatic carbocycles. The average Bonchev–Trinajstić information content (AvgIpc) is 2.45. The van der Waals surface area contributed by atoms with Crippen molar-refractivity contribution >= 4 is 37.5 Å². The van der Waals surface area contributed by atoms with Gasteiger partial charge in [0.25, 0.3) is 0 Å². The zero-order valence-corrected chi connectivity index (χ0v) is 14.4. The summed E-state index contributed by atoms with van der Waals surface area (Å²) < 4.78 is 12.5. The third-order valence-electron chi connectivity index (χ3n) is 2.84. The summed E-state index contributed by atoms with van der Waals surface area (Å²) >= 11 is 7.01. The minimum absolute atomic E-state index is 0.692. The Balaban J connectivity index is 2.14. The largest absolute Gasteiger partial charge is 0.497 e. The standard InChI is InChI=1S/C15H15Br2NO2/c1-19-13-3-4-15(17)10(5-13)9-18-12-6-11(16)7-14(8-12)20-2/h3-8,18H,9H2,1-2H3. The first-order valence-electron chi connectivity index (χ1n) is 6.03. The fraction of sp³-hybridized carbons (Fsp3) is 0.200. The second-order valence-corrected chi connectivity index (χ2v) is 5.96. The topological polar surface area (TPSA) is 30.5 Å². The molecule has 0 amide bonds. The van der Waals surface area contributed by atoms with E-state index in [-0.39, 0.29) is 0 Å².